The molecule has 5 nitrogen and oxygen atoms in total. The summed E-state index contributed by atoms with van der Waals surface area (Å²) in [5.74, 6) is 0.302. The van der Waals surface area contributed by atoms with Crippen molar-refractivity contribution < 1.29 is 14.6 Å². The summed E-state index contributed by atoms with van der Waals surface area (Å²) in [5.41, 5.74) is 6.87. The van der Waals surface area contributed by atoms with Gasteiger partial charge >= 0.3 is 0 Å². The fraction of sp³-hybridized carbons (Fsp3) is 0.562. The van der Waals surface area contributed by atoms with Gasteiger partial charge in [0.05, 0.1) is 18.7 Å². The molecule has 2 unspecified atom stereocenters. The summed E-state index contributed by atoms with van der Waals surface area (Å²) in [7, 11) is 0. The van der Waals surface area contributed by atoms with Gasteiger partial charge in [-0.1, -0.05) is 26.0 Å². The molecule has 0 aliphatic heterocycles. The number of aromatic hydroxyl groups is 1. The van der Waals surface area contributed by atoms with Crippen LogP contribution < -0.4 is 11.1 Å². The van der Waals surface area contributed by atoms with E-state index in [4.69, 9.17) is 10.5 Å². The molecule has 0 heterocycles. The largest absolute Gasteiger partial charge is 0.508 e. The first-order chi connectivity index (χ1) is 9.93. The van der Waals surface area contributed by atoms with Gasteiger partial charge in [0.2, 0.25) is 5.91 Å². The molecule has 0 bridgehead atoms. The topological polar surface area (TPSA) is 84.6 Å². The van der Waals surface area contributed by atoms with Crippen molar-refractivity contribution in [2.24, 2.45) is 11.7 Å². The molecule has 1 aromatic carbocycles. The third kappa shape index (κ3) is 6.14. The Morgan fingerprint density at radius 2 is 1.95 bits per heavy atom. The van der Waals surface area contributed by atoms with Crippen molar-refractivity contribution in [3.8, 4) is 5.75 Å². The Bertz CT molecular complexity index is 432. The first kappa shape index (κ1) is 17.5. The van der Waals surface area contributed by atoms with Crippen LogP contribution in [0.5, 0.6) is 5.75 Å². The Morgan fingerprint density at radius 3 is 2.48 bits per heavy atom. The predicted molar refractivity (Wildman–Crippen MR) is 83.0 cm³/mol. The van der Waals surface area contributed by atoms with Gasteiger partial charge in [0.15, 0.2) is 0 Å². The zero-order chi connectivity index (χ0) is 15.8. The minimum Gasteiger partial charge on any atom is -0.508 e. The minimum absolute atomic E-state index is 0.0386. The van der Waals surface area contributed by atoms with E-state index in [1.54, 1.807) is 24.3 Å². The van der Waals surface area contributed by atoms with E-state index in [0.29, 0.717) is 19.6 Å². The lowest BCUT2D eigenvalue weighted by atomic mass is 10.0. The molecule has 1 rings (SSSR count). The van der Waals surface area contributed by atoms with E-state index in [9.17, 15) is 9.90 Å². The summed E-state index contributed by atoms with van der Waals surface area (Å²) < 4.78 is 5.39. The number of amides is 1. The lowest BCUT2D eigenvalue weighted by Crippen LogP contribution is -2.49. The molecule has 118 valence electrons. The van der Waals surface area contributed by atoms with Crippen LogP contribution in [0.25, 0.3) is 0 Å². The van der Waals surface area contributed by atoms with Crippen LogP contribution in [0.1, 0.15) is 26.3 Å². The average Bonchev–Trinajstić information content (AvgIpc) is 2.45. The second-order valence-electron chi connectivity index (χ2n) is 5.50. The molecule has 1 aromatic rings. The van der Waals surface area contributed by atoms with Crippen LogP contribution in [0.4, 0.5) is 0 Å². The number of phenols is 1. The van der Waals surface area contributed by atoms with Gasteiger partial charge < -0.3 is 20.9 Å². The molecule has 0 fully saturated rings. The molecule has 0 saturated carbocycles. The number of phenolic OH excluding ortho intramolecular Hbond substituents is 1. The molecule has 0 aliphatic rings. The summed E-state index contributed by atoms with van der Waals surface area (Å²) in [6.45, 7) is 7.12. The Kier molecular flexibility index (Phi) is 7.19. The van der Waals surface area contributed by atoms with Crippen molar-refractivity contribution in [3.63, 3.8) is 0 Å². The molecule has 5 heteroatoms. The van der Waals surface area contributed by atoms with Crippen molar-refractivity contribution >= 4 is 5.91 Å². The van der Waals surface area contributed by atoms with Crippen LogP contribution >= 0.6 is 0 Å². The first-order valence-electron chi connectivity index (χ1n) is 7.35. The van der Waals surface area contributed by atoms with E-state index >= 15 is 0 Å². The van der Waals surface area contributed by atoms with Crippen LogP contribution in [-0.4, -0.2) is 36.3 Å². The highest BCUT2D eigenvalue weighted by molar-refractivity contribution is 5.82. The van der Waals surface area contributed by atoms with Crippen molar-refractivity contribution in [2.45, 2.75) is 39.3 Å². The molecule has 21 heavy (non-hydrogen) atoms. The Morgan fingerprint density at radius 1 is 1.33 bits per heavy atom. The number of nitrogens with two attached hydrogens (primary N) is 1. The number of rotatable bonds is 8. The third-order valence-corrected chi connectivity index (χ3v) is 3.36. The zero-order valence-electron chi connectivity index (χ0n) is 13.0. The maximum absolute atomic E-state index is 12.2. The molecule has 0 saturated heterocycles. The summed E-state index contributed by atoms with van der Waals surface area (Å²) in [6.07, 6.45) is 0.436. The number of nitrogens with one attached hydrogen (secondary N) is 1. The van der Waals surface area contributed by atoms with E-state index in [1.807, 2.05) is 20.8 Å². The van der Waals surface area contributed by atoms with E-state index in [-0.39, 0.29) is 23.6 Å². The predicted octanol–water partition coefficient (Wildman–Crippen LogP) is 1.44. The van der Waals surface area contributed by atoms with Crippen molar-refractivity contribution in [2.75, 3.05) is 13.2 Å². The van der Waals surface area contributed by atoms with Crippen LogP contribution in [0, 0.1) is 5.92 Å². The van der Waals surface area contributed by atoms with Gasteiger partial charge in [0, 0.05) is 6.61 Å². The molecular weight excluding hydrogens is 268 g/mol. The van der Waals surface area contributed by atoms with Crippen molar-refractivity contribution in [3.05, 3.63) is 29.8 Å². The number of carbonyl (C=O) groups is 1. The second-order valence-corrected chi connectivity index (χ2v) is 5.50. The molecule has 1 amide bonds. The Labute approximate surface area is 126 Å². The number of benzene rings is 1. The molecule has 2 atom stereocenters. The SMILES string of the molecule is CCOCC(NC(=O)C(N)Cc1ccc(O)cc1)C(C)C. The monoisotopic (exact) mass is 294 g/mol. The van der Waals surface area contributed by atoms with E-state index in [0.717, 1.165) is 5.56 Å². The number of ether oxygens (including phenoxy) is 1. The fourth-order valence-corrected chi connectivity index (χ4v) is 1.91. The molecule has 0 radical (unpaired) electrons. The quantitative estimate of drug-likeness (QED) is 0.677. The lowest BCUT2D eigenvalue weighted by molar-refractivity contribution is -0.123. The smallest absolute Gasteiger partial charge is 0.237 e. The number of hydrogen-bond donors (Lipinski definition) is 3. The Hall–Kier alpha value is -1.59. The molecule has 4 N–H and O–H groups in total. The average molecular weight is 294 g/mol. The maximum atomic E-state index is 12.2. The van der Waals surface area contributed by atoms with E-state index < -0.39 is 6.04 Å². The summed E-state index contributed by atoms with van der Waals surface area (Å²) in [4.78, 5) is 12.2. The maximum Gasteiger partial charge on any atom is 0.237 e. The minimum atomic E-state index is -0.614. The standard InChI is InChI=1S/C16H26N2O3/c1-4-21-10-15(11(2)3)18-16(20)14(17)9-12-5-7-13(19)8-6-12/h5-8,11,14-15,19H,4,9-10,17H2,1-3H3,(H,18,20). The highest BCUT2D eigenvalue weighted by Crippen LogP contribution is 2.11. The van der Waals surface area contributed by atoms with Crippen LogP contribution in [-0.2, 0) is 16.0 Å². The zero-order valence-corrected chi connectivity index (χ0v) is 13.0. The number of hydrogen-bond acceptors (Lipinski definition) is 4. The molecule has 0 aromatic heterocycles. The second kappa shape index (κ2) is 8.64. The molecule has 0 spiro atoms. The van der Waals surface area contributed by atoms with Gasteiger partial charge in [0.1, 0.15) is 5.75 Å². The fourth-order valence-electron chi connectivity index (χ4n) is 1.91. The van der Waals surface area contributed by atoms with E-state index in [2.05, 4.69) is 5.32 Å². The summed E-state index contributed by atoms with van der Waals surface area (Å²) in [5, 5.41) is 12.2. The number of carbonyl (C=O) groups excluding carboxylic acids is 1. The highest BCUT2D eigenvalue weighted by atomic mass is 16.5. The first-order valence-corrected chi connectivity index (χ1v) is 7.35. The summed E-state index contributed by atoms with van der Waals surface area (Å²) in [6, 6.07) is 6.06. The Balaban J connectivity index is 2.54. The van der Waals surface area contributed by atoms with Gasteiger partial charge in [-0.05, 0) is 37.0 Å². The normalized spacial score (nSPS) is 14.0. The van der Waals surface area contributed by atoms with Crippen LogP contribution in [0.15, 0.2) is 24.3 Å². The van der Waals surface area contributed by atoms with Crippen LogP contribution in [0.3, 0.4) is 0 Å². The van der Waals surface area contributed by atoms with Crippen LogP contribution in [0.2, 0.25) is 0 Å². The van der Waals surface area contributed by atoms with Gasteiger partial charge in [-0.3, -0.25) is 4.79 Å². The molecule has 0 aliphatic carbocycles. The highest BCUT2D eigenvalue weighted by Gasteiger charge is 2.20. The molecular formula is C16H26N2O3. The van der Waals surface area contributed by atoms with Crippen molar-refractivity contribution in [1.29, 1.82) is 0 Å². The van der Waals surface area contributed by atoms with E-state index in [1.165, 1.54) is 0 Å². The van der Waals surface area contributed by atoms with Gasteiger partial charge in [-0.25, -0.2) is 0 Å². The lowest BCUT2D eigenvalue weighted by Gasteiger charge is -2.24. The van der Waals surface area contributed by atoms with Gasteiger partial charge in [0.25, 0.3) is 0 Å². The van der Waals surface area contributed by atoms with Gasteiger partial charge in [-0.2, -0.15) is 0 Å². The van der Waals surface area contributed by atoms with Crippen molar-refractivity contribution in [1.82, 2.24) is 5.32 Å². The third-order valence-electron chi connectivity index (χ3n) is 3.36. The summed E-state index contributed by atoms with van der Waals surface area (Å²) >= 11 is 0. The van der Waals surface area contributed by atoms with Gasteiger partial charge in [-0.15, -0.1) is 0 Å².